The summed E-state index contributed by atoms with van der Waals surface area (Å²) in [6, 6.07) is 23.2. The first-order valence-corrected chi connectivity index (χ1v) is 11.3. The van der Waals surface area contributed by atoms with E-state index in [1.165, 1.54) is 23.4 Å². The van der Waals surface area contributed by atoms with Crippen molar-refractivity contribution < 1.29 is 9.59 Å². The zero-order valence-electron chi connectivity index (χ0n) is 17.6. The van der Waals surface area contributed by atoms with Gasteiger partial charge in [0, 0.05) is 21.8 Å². The Morgan fingerprint density at radius 1 is 1.00 bits per heavy atom. The first-order valence-electron chi connectivity index (χ1n) is 10.0. The van der Waals surface area contributed by atoms with Gasteiger partial charge in [-0.15, -0.1) is 10.2 Å². The zero-order valence-corrected chi connectivity index (χ0v) is 19.2. The molecule has 0 bridgehead atoms. The van der Waals surface area contributed by atoms with E-state index in [2.05, 4.69) is 15.5 Å². The fourth-order valence-corrected chi connectivity index (χ4v) is 4.27. The van der Waals surface area contributed by atoms with Crippen LogP contribution in [-0.2, 0) is 4.79 Å². The van der Waals surface area contributed by atoms with Gasteiger partial charge in [0.1, 0.15) is 5.25 Å². The van der Waals surface area contributed by atoms with Gasteiger partial charge in [-0.2, -0.15) is 0 Å². The number of carbonyl (C=O) groups is 2. The van der Waals surface area contributed by atoms with Crippen molar-refractivity contribution in [1.82, 2.24) is 14.9 Å². The number of hydrogen-bond acceptors (Lipinski definition) is 6. The SMILES string of the molecule is CC(=O)c1cccc(NC(=O)[C@H](Sc2nnc(-c3ccc(Cl)cc3)n2N)c2ccccc2)c1. The third-order valence-corrected chi connectivity index (χ3v) is 6.33. The maximum Gasteiger partial charge on any atom is 0.242 e. The van der Waals surface area contributed by atoms with E-state index in [0.29, 0.717) is 27.3 Å². The highest BCUT2D eigenvalue weighted by Crippen LogP contribution is 2.36. The van der Waals surface area contributed by atoms with Crippen LogP contribution in [0.2, 0.25) is 5.02 Å². The molecular weight excluding hydrogens is 458 g/mol. The van der Waals surface area contributed by atoms with E-state index in [-0.39, 0.29) is 11.7 Å². The van der Waals surface area contributed by atoms with Crippen molar-refractivity contribution in [3.63, 3.8) is 0 Å². The van der Waals surface area contributed by atoms with Crippen LogP contribution >= 0.6 is 23.4 Å². The molecule has 3 aromatic carbocycles. The summed E-state index contributed by atoms with van der Waals surface area (Å²) in [6.45, 7) is 1.48. The molecule has 33 heavy (non-hydrogen) atoms. The molecule has 0 aliphatic heterocycles. The fraction of sp³-hybridized carbons (Fsp3) is 0.0833. The smallest absolute Gasteiger partial charge is 0.242 e. The van der Waals surface area contributed by atoms with Crippen LogP contribution < -0.4 is 11.2 Å². The van der Waals surface area contributed by atoms with Gasteiger partial charge in [0.2, 0.25) is 11.1 Å². The van der Waals surface area contributed by atoms with Crippen molar-refractivity contribution in [2.45, 2.75) is 17.3 Å². The molecule has 9 heteroatoms. The Morgan fingerprint density at radius 2 is 1.73 bits per heavy atom. The summed E-state index contributed by atoms with van der Waals surface area (Å²) in [7, 11) is 0. The molecule has 1 atom stereocenters. The molecule has 4 rings (SSSR count). The lowest BCUT2D eigenvalue weighted by atomic mass is 10.1. The summed E-state index contributed by atoms with van der Waals surface area (Å²) >= 11 is 7.15. The average molecular weight is 478 g/mol. The third-order valence-electron chi connectivity index (χ3n) is 4.87. The van der Waals surface area contributed by atoms with Crippen LogP contribution in [-0.4, -0.2) is 26.6 Å². The van der Waals surface area contributed by atoms with E-state index in [4.69, 9.17) is 17.4 Å². The molecule has 0 spiro atoms. The highest BCUT2D eigenvalue weighted by molar-refractivity contribution is 8.00. The van der Waals surface area contributed by atoms with Gasteiger partial charge in [0.05, 0.1) is 0 Å². The minimum Gasteiger partial charge on any atom is -0.335 e. The number of anilines is 1. The van der Waals surface area contributed by atoms with Crippen LogP contribution in [0.3, 0.4) is 0 Å². The Kier molecular flexibility index (Phi) is 6.76. The minimum absolute atomic E-state index is 0.0777. The molecule has 0 aliphatic rings. The average Bonchev–Trinajstić information content (AvgIpc) is 3.18. The van der Waals surface area contributed by atoms with Gasteiger partial charge in [-0.3, -0.25) is 9.59 Å². The second-order valence-corrected chi connectivity index (χ2v) is 8.73. The lowest BCUT2D eigenvalue weighted by molar-refractivity contribution is -0.115. The standard InChI is InChI=1S/C24H20ClN5O2S/c1-15(31)18-8-5-9-20(14-18)27-23(32)21(16-6-3-2-4-7-16)33-24-29-28-22(30(24)26)17-10-12-19(25)13-11-17/h2-14,21H,26H2,1H3,(H,27,32)/t21-/m1/s1. The van der Waals surface area contributed by atoms with Gasteiger partial charge in [0.15, 0.2) is 11.6 Å². The molecule has 1 heterocycles. The quantitative estimate of drug-likeness (QED) is 0.221. The first kappa shape index (κ1) is 22.6. The molecular formula is C24H20ClN5O2S. The third kappa shape index (κ3) is 5.24. The second-order valence-electron chi connectivity index (χ2n) is 7.22. The van der Waals surface area contributed by atoms with E-state index < -0.39 is 5.25 Å². The van der Waals surface area contributed by atoms with Crippen LogP contribution in [0.5, 0.6) is 0 Å². The molecule has 1 amide bonds. The first-order chi connectivity index (χ1) is 15.9. The number of carbonyl (C=O) groups excluding carboxylic acids is 2. The number of aromatic nitrogens is 3. The number of thioether (sulfide) groups is 1. The number of nitrogens with one attached hydrogen (secondary N) is 1. The summed E-state index contributed by atoms with van der Waals surface area (Å²) in [6.07, 6.45) is 0. The Balaban J connectivity index is 1.62. The van der Waals surface area contributed by atoms with Crippen LogP contribution in [0.1, 0.15) is 28.1 Å². The van der Waals surface area contributed by atoms with Gasteiger partial charge in [-0.05, 0) is 48.9 Å². The molecule has 4 aromatic rings. The molecule has 3 N–H and O–H groups in total. The molecule has 0 saturated heterocycles. The largest absolute Gasteiger partial charge is 0.335 e. The normalized spacial score (nSPS) is 11.7. The molecule has 0 saturated carbocycles. The van der Waals surface area contributed by atoms with Crippen LogP contribution in [0, 0.1) is 0 Å². The molecule has 0 unspecified atom stereocenters. The Bertz CT molecular complexity index is 1290. The highest BCUT2D eigenvalue weighted by atomic mass is 35.5. The molecule has 0 fully saturated rings. The number of nitrogens with two attached hydrogens (primary N) is 1. The lowest BCUT2D eigenvalue weighted by Crippen LogP contribution is -2.20. The maximum absolute atomic E-state index is 13.3. The van der Waals surface area contributed by atoms with E-state index in [1.807, 2.05) is 30.3 Å². The van der Waals surface area contributed by atoms with Crippen LogP contribution in [0.15, 0.2) is 84.0 Å². The van der Waals surface area contributed by atoms with Crippen LogP contribution in [0.25, 0.3) is 11.4 Å². The maximum atomic E-state index is 13.3. The zero-order chi connectivity index (χ0) is 23.4. The summed E-state index contributed by atoms with van der Waals surface area (Å²) in [5.74, 6) is 6.38. The summed E-state index contributed by atoms with van der Waals surface area (Å²) in [4.78, 5) is 25.0. The molecule has 0 aliphatic carbocycles. The van der Waals surface area contributed by atoms with Gasteiger partial charge >= 0.3 is 0 Å². The predicted octanol–water partition coefficient (Wildman–Crippen LogP) is 4.99. The number of halogens is 1. The summed E-state index contributed by atoms with van der Waals surface area (Å²) < 4.78 is 1.35. The van der Waals surface area contributed by atoms with E-state index in [0.717, 1.165) is 11.1 Å². The Hall–Kier alpha value is -3.62. The fourth-order valence-electron chi connectivity index (χ4n) is 3.18. The topological polar surface area (TPSA) is 103 Å². The highest BCUT2D eigenvalue weighted by Gasteiger charge is 2.26. The Morgan fingerprint density at radius 3 is 2.42 bits per heavy atom. The number of benzene rings is 3. The van der Waals surface area contributed by atoms with Crippen molar-refractivity contribution in [2.75, 3.05) is 11.2 Å². The number of nitrogen functional groups attached to an aromatic ring is 1. The van der Waals surface area contributed by atoms with Crippen molar-refractivity contribution in [2.24, 2.45) is 0 Å². The number of amides is 1. The van der Waals surface area contributed by atoms with E-state index in [9.17, 15) is 9.59 Å². The minimum atomic E-state index is -0.656. The number of Topliss-reactive ketones (excluding diaryl/α,β-unsaturated/α-hetero) is 1. The van der Waals surface area contributed by atoms with Gasteiger partial charge in [0.25, 0.3) is 0 Å². The lowest BCUT2D eigenvalue weighted by Gasteiger charge is -2.17. The van der Waals surface area contributed by atoms with Crippen molar-refractivity contribution in [1.29, 1.82) is 0 Å². The Labute approximate surface area is 199 Å². The number of rotatable bonds is 7. The molecule has 166 valence electrons. The molecule has 1 aromatic heterocycles. The van der Waals surface area contributed by atoms with Crippen LogP contribution in [0.4, 0.5) is 5.69 Å². The summed E-state index contributed by atoms with van der Waals surface area (Å²) in [5.41, 5.74) is 2.58. The predicted molar refractivity (Wildman–Crippen MR) is 131 cm³/mol. The van der Waals surface area contributed by atoms with Crippen molar-refractivity contribution in [3.8, 4) is 11.4 Å². The molecule has 7 nitrogen and oxygen atoms in total. The van der Waals surface area contributed by atoms with Gasteiger partial charge in [-0.25, -0.2) is 4.68 Å². The number of nitrogens with zero attached hydrogens (tertiary/aromatic N) is 3. The van der Waals surface area contributed by atoms with Crippen molar-refractivity contribution in [3.05, 3.63) is 95.0 Å². The van der Waals surface area contributed by atoms with Crippen molar-refractivity contribution >= 4 is 40.7 Å². The van der Waals surface area contributed by atoms with E-state index >= 15 is 0 Å². The van der Waals surface area contributed by atoms with E-state index in [1.54, 1.807) is 48.5 Å². The van der Waals surface area contributed by atoms with Gasteiger partial charge < -0.3 is 11.2 Å². The number of ketones is 1. The second kappa shape index (κ2) is 9.89. The summed E-state index contributed by atoms with van der Waals surface area (Å²) in [5, 5.41) is 11.6. The van der Waals surface area contributed by atoms with Gasteiger partial charge in [-0.1, -0.05) is 65.8 Å². The monoisotopic (exact) mass is 477 g/mol. The molecule has 0 radical (unpaired) electrons. The number of hydrogen-bond donors (Lipinski definition) is 2.